The number of aliphatic hydroxyl groups is 7. The predicted molar refractivity (Wildman–Crippen MR) is 210 cm³/mol. The van der Waals surface area contributed by atoms with Crippen molar-refractivity contribution in [2.24, 2.45) is 0 Å². The Morgan fingerprint density at radius 3 is 1.64 bits per heavy atom. The van der Waals surface area contributed by atoms with E-state index in [9.17, 15) is 40.5 Å². The van der Waals surface area contributed by atoms with E-state index in [1.54, 1.807) is 0 Å². The second-order valence-electron chi connectivity index (χ2n) is 15.1. The van der Waals surface area contributed by atoms with E-state index in [-0.39, 0.29) is 12.8 Å². The van der Waals surface area contributed by atoms with Gasteiger partial charge in [-0.3, -0.25) is 4.79 Å². The largest absolute Gasteiger partial charge is 0.394 e. The van der Waals surface area contributed by atoms with Crippen LogP contribution in [0.4, 0.5) is 0 Å². The fraction of sp³-hybridized carbons (Fsp3) is 0.881. The molecule has 11 nitrogen and oxygen atoms in total. The van der Waals surface area contributed by atoms with Crippen molar-refractivity contribution >= 4 is 5.91 Å². The fourth-order valence-corrected chi connectivity index (χ4v) is 6.61. The minimum Gasteiger partial charge on any atom is -0.394 e. The summed E-state index contributed by atoms with van der Waals surface area (Å²) in [7, 11) is 0. The van der Waals surface area contributed by atoms with Gasteiger partial charge in [-0.25, -0.2) is 0 Å². The van der Waals surface area contributed by atoms with Gasteiger partial charge in [0.05, 0.1) is 25.4 Å². The number of hydrogen-bond acceptors (Lipinski definition) is 10. The second kappa shape index (κ2) is 32.8. The van der Waals surface area contributed by atoms with Crippen LogP contribution in [-0.4, -0.2) is 110 Å². The van der Waals surface area contributed by atoms with E-state index in [2.05, 4.69) is 43.5 Å². The third-order valence-electron chi connectivity index (χ3n) is 10.2. The molecular weight excluding hydrogens is 678 g/mol. The van der Waals surface area contributed by atoms with Gasteiger partial charge in [0, 0.05) is 0 Å². The first-order chi connectivity index (χ1) is 25.7. The number of ether oxygens (including phenoxy) is 2. The van der Waals surface area contributed by atoms with Gasteiger partial charge in [0.2, 0.25) is 5.91 Å². The molecule has 1 saturated heterocycles. The maximum Gasteiger partial charge on any atom is 0.249 e. The van der Waals surface area contributed by atoms with Crippen molar-refractivity contribution < 1.29 is 50.0 Å². The Kier molecular flexibility index (Phi) is 30.7. The summed E-state index contributed by atoms with van der Waals surface area (Å²) in [5.74, 6) is -0.718. The molecule has 8 N–H and O–H groups in total. The van der Waals surface area contributed by atoms with E-state index in [4.69, 9.17) is 9.47 Å². The molecule has 1 rings (SSSR count). The van der Waals surface area contributed by atoms with Gasteiger partial charge in [-0.1, -0.05) is 128 Å². The normalized spacial score (nSPS) is 23.1. The van der Waals surface area contributed by atoms with Crippen LogP contribution in [-0.2, 0) is 14.3 Å². The van der Waals surface area contributed by atoms with Gasteiger partial charge in [-0.2, -0.15) is 0 Å². The molecule has 11 heteroatoms. The summed E-state index contributed by atoms with van der Waals surface area (Å²) < 4.78 is 11.0. The molecule has 9 atom stereocenters. The Hall–Kier alpha value is -1.41. The topological polar surface area (TPSA) is 189 Å². The average Bonchev–Trinajstić information content (AvgIpc) is 3.16. The number of nitrogens with one attached hydrogen (secondary N) is 1. The SMILES string of the molecule is CCCCCC/C=C/CCCC(O)C(O)C(COC1OC(CO)C(O)C(O)C1O)NC(=O)C(O)CCCCCC/C=C\CCCCCCCCCCC. The Morgan fingerprint density at radius 1 is 0.642 bits per heavy atom. The van der Waals surface area contributed by atoms with Crippen molar-refractivity contribution in [3.8, 4) is 0 Å². The molecule has 53 heavy (non-hydrogen) atoms. The molecule has 0 saturated carbocycles. The van der Waals surface area contributed by atoms with Crippen molar-refractivity contribution in [1.29, 1.82) is 0 Å². The van der Waals surface area contributed by atoms with E-state index in [1.807, 2.05) is 0 Å². The quantitative estimate of drug-likeness (QED) is 0.0291. The number of hydrogen-bond donors (Lipinski definition) is 8. The van der Waals surface area contributed by atoms with Gasteiger partial charge >= 0.3 is 0 Å². The lowest BCUT2D eigenvalue weighted by Crippen LogP contribution is -2.60. The highest BCUT2D eigenvalue weighted by Gasteiger charge is 2.44. The van der Waals surface area contributed by atoms with Gasteiger partial charge in [0.15, 0.2) is 6.29 Å². The first-order valence-electron chi connectivity index (χ1n) is 21.2. The number of carbonyl (C=O) groups is 1. The lowest BCUT2D eigenvalue weighted by Gasteiger charge is -2.40. The molecular formula is C42H79NO10. The number of allylic oxidation sites excluding steroid dienone is 4. The van der Waals surface area contributed by atoms with E-state index in [0.717, 1.165) is 51.4 Å². The molecule has 0 aliphatic carbocycles. The average molecular weight is 758 g/mol. The van der Waals surface area contributed by atoms with Gasteiger partial charge in [0.25, 0.3) is 0 Å². The third-order valence-corrected chi connectivity index (χ3v) is 10.2. The molecule has 1 aliphatic rings. The molecule has 0 spiro atoms. The highest BCUT2D eigenvalue weighted by molar-refractivity contribution is 5.80. The summed E-state index contributed by atoms with van der Waals surface area (Å²) in [5, 5.41) is 75.2. The number of unbranched alkanes of at least 4 members (excludes halogenated alkanes) is 18. The molecule has 1 amide bonds. The monoisotopic (exact) mass is 758 g/mol. The van der Waals surface area contributed by atoms with Gasteiger partial charge in [0.1, 0.15) is 36.6 Å². The van der Waals surface area contributed by atoms with Crippen molar-refractivity contribution in [1.82, 2.24) is 5.32 Å². The Bertz CT molecular complexity index is 918. The number of amides is 1. The van der Waals surface area contributed by atoms with Crippen LogP contribution in [0.25, 0.3) is 0 Å². The summed E-state index contributed by atoms with van der Waals surface area (Å²) in [5.41, 5.74) is 0. The Morgan fingerprint density at radius 2 is 1.11 bits per heavy atom. The molecule has 1 fully saturated rings. The minimum atomic E-state index is -1.67. The summed E-state index contributed by atoms with van der Waals surface area (Å²) in [6, 6.07) is -1.18. The van der Waals surface area contributed by atoms with Crippen molar-refractivity contribution in [3.63, 3.8) is 0 Å². The minimum absolute atomic E-state index is 0.240. The van der Waals surface area contributed by atoms with Crippen LogP contribution in [0.15, 0.2) is 24.3 Å². The molecule has 0 aromatic rings. The van der Waals surface area contributed by atoms with Crippen molar-refractivity contribution in [2.75, 3.05) is 13.2 Å². The summed E-state index contributed by atoms with van der Waals surface area (Å²) in [6.45, 7) is 3.35. The maximum atomic E-state index is 13.0. The highest BCUT2D eigenvalue weighted by Crippen LogP contribution is 2.23. The van der Waals surface area contributed by atoms with Crippen LogP contribution < -0.4 is 5.32 Å². The lowest BCUT2D eigenvalue weighted by atomic mass is 9.98. The molecule has 0 aromatic heterocycles. The van der Waals surface area contributed by atoms with Gasteiger partial charge in [-0.05, 0) is 64.2 Å². The molecule has 0 aromatic carbocycles. The van der Waals surface area contributed by atoms with Crippen molar-refractivity contribution in [3.05, 3.63) is 24.3 Å². The van der Waals surface area contributed by atoms with Crippen LogP contribution in [0.3, 0.4) is 0 Å². The Labute approximate surface area is 321 Å². The number of rotatable bonds is 34. The molecule has 9 unspecified atom stereocenters. The zero-order chi connectivity index (χ0) is 39.1. The smallest absolute Gasteiger partial charge is 0.249 e. The standard InChI is InChI=1S/C42H79NO10/c1-3-5-7-9-11-13-14-15-16-17-18-19-20-22-24-26-28-30-35(46)41(51)43-33(32-52-42-40(50)39(49)38(48)36(31-44)53-42)37(47)34(45)29-27-25-23-21-12-10-8-6-4-2/h18-19,21,23,33-40,42,44-50H,3-17,20,22,24-32H2,1-2H3,(H,43,51)/b19-18-,23-21+. The number of aliphatic hydroxyl groups excluding tert-OH is 7. The first kappa shape index (κ1) is 49.6. The van der Waals surface area contributed by atoms with Gasteiger partial charge < -0.3 is 50.5 Å². The third kappa shape index (κ3) is 23.3. The predicted octanol–water partition coefficient (Wildman–Crippen LogP) is 5.89. The molecule has 1 aliphatic heterocycles. The van der Waals surface area contributed by atoms with E-state index < -0.39 is 74.2 Å². The fourth-order valence-electron chi connectivity index (χ4n) is 6.61. The van der Waals surface area contributed by atoms with Crippen LogP contribution in [0, 0.1) is 0 Å². The lowest BCUT2D eigenvalue weighted by molar-refractivity contribution is -0.303. The number of carbonyl (C=O) groups excluding carboxylic acids is 1. The zero-order valence-corrected chi connectivity index (χ0v) is 33.2. The molecule has 312 valence electrons. The molecule has 1 heterocycles. The zero-order valence-electron chi connectivity index (χ0n) is 33.2. The van der Waals surface area contributed by atoms with Crippen LogP contribution in [0.1, 0.15) is 168 Å². The first-order valence-corrected chi connectivity index (χ1v) is 21.2. The molecule has 0 bridgehead atoms. The summed E-state index contributed by atoms with van der Waals surface area (Å²) >= 11 is 0. The van der Waals surface area contributed by atoms with Crippen molar-refractivity contribution in [2.45, 2.75) is 223 Å². The summed E-state index contributed by atoms with van der Waals surface area (Å²) in [6.07, 6.45) is 22.5. The summed E-state index contributed by atoms with van der Waals surface area (Å²) in [4.78, 5) is 13.0. The van der Waals surface area contributed by atoms with E-state index in [0.29, 0.717) is 12.8 Å². The van der Waals surface area contributed by atoms with E-state index >= 15 is 0 Å². The Balaban J connectivity index is 2.49. The molecule has 0 radical (unpaired) electrons. The highest BCUT2D eigenvalue weighted by atomic mass is 16.7. The van der Waals surface area contributed by atoms with Crippen LogP contribution in [0.2, 0.25) is 0 Å². The second-order valence-corrected chi connectivity index (χ2v) is 15.1. The van der Waals surface area contributed by atoms with E-state index in [1.165, 1.54) is 77.0 Å². The maximum absolute atomic E-state index is 13.0. The van der Waals surface area contributed by atoms with Crippen LogP contribution >= 0.6 is 0 Å². The van der Waals surface area contributed by atoms with Crippen LogP contribution in [0.5, 0.6) is 0 Å². The van der Waals surface area contributed by atoms with Gasteiger partial charge in [-0.15, -0.1) is 0 Å².